The topological polar surface area (TPSA) is 56.5 Å². The molecule has 0 fully saturated rings. The number of nitrogens with zero attached hydrogens (tertiary/aromatic N) is 3. The van der Waals surface area contributed by atoms with Gasteiger partial charge in [0, 0.05) is 51.6 Å². The molecule has 0 saturated heterocycles. The Bertz CT molecular complexity index is 2010. The van der Waals surface area contributed by atoms with Gasteiger partial charge in [0.15, 0.2) is 5.65 Å². The first kappa shape index (κ1) is 15.5. The average Bonchev–Trinajstić information content (AvgIpc) is 3.52. The molecule has 8 aromatic rings. The summed E-state index contributed by atoms with van der Waals surface area (Å²) in [6.45, 7) is 0. The number of fused-ring (bicyclic) bond motifs is 13. The average molecular weight is 399 g/mol. The third-order valence-electron chi connectivity index (χ3n) is 6.30. The van der Waals surface area contributed by atoms with Crippen LogP contribution < -0.4 is 0 Å². The van der Waals surface area contributed by atoms with Gasteiger partial charge in [-0.25, -0.2) is 4.98 Å². The van der Waals surface area contributed by atoms with Crippen LogP contribution in [0.3, 0.4) is 0 Å². The highest BCUT2D eigenvalue weighted by atomic mass is 16.3. The monoisotopic (exact) mass is 399 g/mol. The Morgan fingerprint density at radius 2 is 1.48 bits per heavy atom. The van der Waals surface area contributed by atoms with Gasteiger partial charge in [0.1, 0.15) is 27.8 Å². The van der Waals surface area contributed by atoms with E-state index < -0.39 is 0 Å². The number of para-hydroxylation sites is 1. The van der Waals surface area contributed by atoms with Crippen molar-refractivity contribution in [2.24, 2.45) is 0 Å². The zero-order valence-electron chi connectivity index (χ0n) is 16.2. The van der Waals surface area contributed by atoms with E-state index >= 15 is 0 Å². The van der Waals surface area contributed by atoms with Gasteiger partial charge >= 0.3 is 0 Å². The molecule has 5 aromatic heterocycles. The zero-order valence-corrected chi connectivity index (χ0v) is 16.2. The number of rotatable bonds is 0. The number of aromatic nitrogens is 3. The second-order valence-electron chi connectivity index (χ2n) is 7.90. The molecule has 0 bridgehead atoms. The van der Waals surface area contributed by atoms with Crippen molar-refractivity contribution in [1.29, 1.82) is 0 Å². The molecule has 0 amide bonds. The summed E-state index contributed by atoms with van der Waals surface area (Å²) in [7, 11) is 0. The van der Waals surface area contributed by atoms with Gasteiger partial charge in [0.2, 0.25) is 0 Å². The van der Waals surface area contributed by atoms with Crippen molar-refractivity contribution in [3.63, 3.8) is 0 Å². The van der Waals surface area contributed by atoms with Gasteiger partial charge in [0.05, 0.1) is 10.9 Å². The van der Waals surface area contributed by atoms with Crippen molar-refractivity contribution in [2.75, 3.05) is 0 Å². The van der Waals surface area contributed by atoms with Gasteiger partial charge < -0.3 is 8.83 Å². The predicted octanol–water partition coefficient (Wildman–Crippen LogP) is 6.83. The lowest BCUT2D eigenvalue weighted by atomic mass is 10.0. The Morgan fingerprint density at radius 1 is 0.613 bits per heavy atom. The van der Waals surface area contributed by atoms with Crippen LogP contribution in [0.15, 0.2) is 88.1 Å². The van der Waals surface area contributed by atoms with Crippen LogP contribution in [0, 0.1) is 0 Å². The standard InChI is InChI=1S/C26H13N3O2/c1-2-6-19-14(4-1)17-12-18-22(13-21(17)30-19)31-20-8-7-16-15-5-3-9-27-24(15)26-28-10-11-29(26)25(16)23(18)20/h1-13H. The number of hydrogen-bond acceptors (Lipinski definition) is 4. The van der Waals surface area contributed by atoms with Crippen molar-refractivity contribution >= 4 is 71.3 Å². The van der Waals surface area contributed by atoms with E-state index in [4.69, 9.17) is 8.83 Å². The maximum Gasteiger partial charge on any atom is 0.163 e. The van der Waals surface area contributed by atoms with Crippen molar-refractivity contribution < 1.29 is 8.83 Å². The minimum atomic E-state index is 0.814. The molecule has 0 unspecified atom stereocenters. The van der Waals surface area contributed by atoms with E-state index in [0.717, 1.165) is 71.3 Å². The maximum absolute atomic E-state index is 6.29. The fraction of sp³-hybridized carbons (Fsp3) is 0. The number of benzene rings is 3. The fourth-order valence-electron chi connectivity index (χ4n) is 5.00. The van der Waals surface area contributed by atoms with Gasteiger partial charge in [-0.05, 0) is 30.3 Å². The third kappa shape index (κ3) is 1.82. The summed E-state index contributed by atoms with van der Waals surface area (Å²) >= 11 is 0. The quantitative estimate of drug-likeness (QED) is 0.262. The van der Waals surface area contributed by atoms with Crippen LogP contribution >= 0.6 is 0 Å². The number of furan rings is 2. The second-order valence-corrected chi connectivity index (χ2v) is 7.90. The van der Waals surface area contributed by atoms with E-state index in [1.165, 1.54) is 0 Å². The summed E-state index contributed by atoms with van der Waals surface area (Å²) in [6, 6.07) is 20.6. The first-order valence-electron chi connectivity index (χ1n) is 10.2. The molecule has 8 rings (SSSR count). The van der Waals surface area contributed by atoms with E-state index in [1.54, 1.807) is 0 Å². The van der Waals surface area contributed by atoms with Crippen LogP contribution in [0.1, 0.15) is 0 Å². The fourth-order valence-corrected chi connectivity index (χ4v) is 5.00. The Morgan fingerprint density at radius 3 is 2.48 bits per heavy atom. The minimum Gasteiger partial charge on any atom is -0.456 e. The largest absolute Gasteiger partial charge is 0.456 e. The molecule has 0 radical (unpaired) electrons. The van der Waals surface area contributed by atoms with Crippen LogP contribution in [0.2, 0.25) is 0 Å². The molecule has 0 aliphatic carbocycles. The van der Waals surface area contributed by atoms with Gasteiger partial charge in [-0.1, -0.05) is 24.3 Å². The van der Waals surface area contributed by atoms with Gasteiger partial charge in [0.25, 0.3) is 0 Å². The molecule has 0 aliphatic rings. The summed E-state index contributed by atoms with van der Waals surface area (Å²) in [5, 5.41) is 6.55. The Kier molecular flexibility index (Phi) is 2.60. The minimum absolute atomic E-state index is 0.814. The van der Waals surface area contributed by atoms with E-state index in [-0.39, 0.29) is 0 Å². The summed E-state index contributed by atoms with van der Waals surface area (Å²) in [6.07, 6.45) is 5.64. The molecule has 5 nitrogen and oxygen atoms in total. The van der Waals surface area contributed by atoms with E-state index in [9.17, 15) is 0 Å². The zero-order chi connectivity index (χ0) is 20.1. The lowest BCUT2D eigenvalue weighted by molar-refractivity contribution is 0.656. The van der Waals surface area contributed by atoms with Gasteiger partial charge in [-0.3, -0.25) is 9.38 Å². The van der Waals surface area contributed by atoms with Crippen molar-refractivity contribution in [3.8, 4) is 0 Å². The van der Waals surface area contributed by atoms with Crippen LogP contribution in [0.25, 0.3) is 71.3 Å². The summed E-state index contributed by atoms with van der Waals surface area (Å²) in [4.78, 5) is 9.22. The van der Waals surface area contributed by atoms with E-state index in [0.29, 0.717) is 0 Å². The van der Waals surface area contributed by atoms with Gasteiger partial charge in [-0.15, -0.1) is 0 Å². The van der Waals surface area contributed by atoms with Crippen LogP contribution in [-0.2, 0) is 0 Å². The molecule has 5 heterocycles. The lowest BCUT2D eigenvalue weighted by Crippen LogP contribution is -1.92. The first-order chi connectivity index (χ1) is 15.4. The molecule has 5 heteroatoms. The molecule has 0 saturated carbocycles. The Balaban J connectivity index is 1.68. The van der Waals surface area contributed by atoms with Crippen molar-refractivity contribution in [3.05, 3.63) is 79.3 Å². The molecule has 144 valence electrons. The van der Waals surface area contributed by atoms with E-state index in [2.05, 4.69) is 38.6 Å². The highest BCUT2D eigenvalue weighted by Gasteiger charge is 2.18. The SMILES string of the molecule is c1ccc2c(c1)oc1cc3oc4ccc5c6cccnc6c6nccn6c5c4c3cc12. The number of imidazole rings is 1. The normalized spacial score (nSPS) is 12.5. The maximum atomic E-state index is 6.29. The third-order valence-corrected chi connectivity index (χ3v) is 6.30. The summed E-state index contributed by atoms with van der Waals surface area (Å²) in [5.74, 6) is 0. The first-order valence-corrected chi connectivity index (χ1v) is 10.2. The molecule has 3 aromatic carbocycles. The highest BCUT2D eigenvalue weighted by molar-refractivity contribution is 6.25. The summed E-state index contributed by atoms with van der Waals surface area (Å²) < 4.78 is 14.5. The van der Waals surface area contributed by atoms with E-state index in [1.807, 2.05) is 55.0 Å². The molecular formula is C26H13N3O2. The molecule has 31 heavy (non-hydrogen) atoms. The van der Waals surface area contributed by atoms with Crippen LogP contribution in [0.5, 0.6) is 0 Å². The highest BCUT2D eigenvalue weighted by Crippen LogP contribution is 2.41. The summed E-state index contributed by atoms with van der Waals surface area (Å²) in [5.41, 5.74) is 6.20. The second kappa shape index (κ2) is 5.21. The van der Waals surface area contributed by atoms with Crippen molar-refractivity contribution in [1.82, 2.24) is 14.4 Å². The molecule has 0 spiro atoms. The van der Waals surface area contributed by atoms with Crippen molar-refractivity contribution in [2.45, 2.75) is 0 Å². The van der Waals surface area contributed by atoms with Crippen LogP contribution in [0.4, 0.5) is 0 Å². The number of hydrogen-bond donors (Lipinski definition) is 0. The number of pyridine rings is 2. The Labute approximate surface area is 174 Å². The smallest absolute Gasteiger partial charge is 0.163 e. The van der Waals surface area contributed by atoms with Gasteiger partial charge in [-0.2, -0.15) is 0 Å². The molecule has 0 atom stereocenters. The molecule has 0 aliphatic heterocycles. The van der Waals surface area contributed by atoms with Crippen LogP contribution in [-0.4, -0.2) is 14.4 Å². The Hall–Kier alpha value is -4.38. The molecular weight excluding hydrogens is 386 g/mol. The molecule has 0 N–H and O–H groups in total. The predicted molar refractivity (Wildman–Crippen MR) is 123 cm³/mol. The lowest BCUT2D eigenvalue weighted by Gasteiger charge is -2.08.